The molecule has 0 spiro atoms. The van der Waals surface area contributed by atoms with Crippen LogP contribution in [0.1, 0.15) is 26.2 Å². The summed E-state index contributed by atoms with van der Waals surface area (Å²) in [6, 6.07) is 5.44. The molecule has 1 fully saturated rings. The minimum atomic E-state index is -0.740. The van der Waals surface area contributed by atoms with Gasteiger partial charge in [-0.2, -0.15) is 10.1 Å². The van der Waals surface area contributed by atoms with Crippen LogP contribution in [0.2, 0.25) is 0 Å². The van der Waals surface area contributed by atoms with Gasteiger partial charge in [0.25, 0.3) is 5.91 Å². The predicted octanol–water partition coefficient (Wildman–Crippen LogP) is 2.35. The largest absolute Gasteiger partial charge is 0.469 e. The zero-order chi connectivity index (χ0) is 19.4. The second-order valence-electron chi connectivity index (χ2n) is 6.52. The van der Waals surface area contributed by atoms with E-state index in [1.807, 2.05) is 0 Å². The Kier molecular flexibility index (Phi) is 5.95. The number of halogens is 1. The van der Waals surface area contributed by atoms with Crippen molar-refractivity contribution in [1.29, 1.82) is 0 Å². The summed E-state index contributed by atoms with van der Waals surface area (Å²) >= 11 is 0. The fourth-order valence-corrected chi connectivity index (χ4v) is 3.17. The number of hydrogen-bond acceptors (Lipinski definition) is 6. The lowest BCUT2D eigenvalue weighted by atomic mass is 9.96. The maximum atomic E-state index is 13.2. The van der Waals surface area contributed by atoms with Crippen molar-refractivity contribution >= 4 is 29.0 Å². The van der Waals surface area contributed by atoms with Crippen LogP contribution < -0.4 is 5.01 Å². The Hall–Kier alpha value is -2.61. The molecule has 0 radical (unpaired) electrons. The predicted molar refractivity (Wildman–Crippen MR) is 98.4 cm³/mol. The molecule has 2 aliphatic rings. The van der Waals surface area contributed by atoms with Gasteiger partial charge in [0.1, 0.15) is 11.7 Å². The highest BCUT2D eigenvalue weighted by molar-refractivity contribution is 6.30. The minimum absolute atomic E-state index is 0.0608. The van der Waals surface area contributed by atoms with E-state index in [4.69, 9.17) is 9.47 Å². The fourth-order valence-electron chi connectivity index (χ4n) is 3.17. The van der Waals surface area contributed by atoms with E-state index < -0.39 is 17.7 Å². The van der Waals surface area contributed by atoms with E-state index in [-0.39, 0.29) is 18.4 Å². The molecular formula is C19H22FN3O4. The second kappa shape index (κ2) is 8.39. The Labute approximate surface area is 156 Å². The van der Waals surface area contributed by atoms with Gasteiger partial charge >= 0.3 is 5.97 Å². The van der Waals surface area contributed by atoms with Crippen LogP contribution in [0.3, 0.4) is 0 Å². The second-order valence-corrected chi connectivity index (χ2v) is 6.52. The van der Waals surface area contributed by atoms with Gasteiger partial charge in [-0.05, 0) is 44.0 Å². The molecule has 144 valence electrons. The van der Waals surface area contributed by atoms with Gasteiger partial charge in [-0.15, -0.1) is 0 Å². The standard InChI is InChI=1S/C19H22FN3O4/c1-12(21-11-15-4-3-9-27-15)18-16(10-17(24)26-2)22-23(19(18)25)14-7-5-13(20)6-8-14/h5-8,15,18H,3-4,9-11H2,1-2H3/t15-,18?/m1/s1. The van der Waals surface area contributed by atoms with E-state index in [0.717, 1.165) is 19.4 Å². The lowest BCUT2D eigenvalue weighted by molar-refractivity contribution is -0.139. The number of carbonyl (C=O) groups excluding carboxylic acids is 2. The third kappa shape index (κ3) is 4.39. The van der Waals surface area contributed by atoms with Crippen LogP contribution in [-0.4, -0.2) is 49.7 Å². The Morgan fingerprint density at radius 3 is 2.78 bits per heavy atom. The van der Waals surface area contributed by atoms with Gasteiger partial charge in [-0.1, -0.05) is 0 Å². The summed E-state index contributed by atoms with van der Waals surface area (Å²) in [5.41, 5.74) is 1.37. The Balaban J connectivity index is 1.84. The van der Waals surface area contributed by atoms with E-state index in [0.29, 0.717) is 23.7 Å². The molecule has 0 bridgehead atoms. The molecule has 0 saturated carbocycles. The minimum Gasteiger partial charge on any atom is -0.469 e. The van der Waals surface area contributed by atoms with E-state index in [1.54, 1.807) is 6.92 Å². The van der Waals surface area contributed by atoms with E-state index in [1.165, 1.54) is 36.4 Å². The third-order valence-corrected chi connectivity index (χ3v) is 4.63. The molecule has 27 heavy (non-hydrogen) atoms. The molecule has 1 aromatic carbocycles. The number of benzene rings is 1. The van der Waals surface area contributed by atoms with Crippen molar-refractivity contribution in [3.63, 3.8) is 0 Å². The summed E-state index contributed by atoms with van der Waals surface area (Å²) < 4.78 is 23.5. The molecule has 8 heteroatoms. The summed E-state index contributed by atoms with van der Waals surface area (Å²) in [4.78, 5) is 29.2. The van der Waals surface area contributed by atoms with Crippen molar-refractivity contribution in [3.05, 3.63) is 30.1 Å². The van der Waals surface area contributed by atoms with Crippen LogP contribution in [0.5, 0.6) is 0 Å². The Bertz CT molecular complexity index is 770. The number of anilines is 1. The highest BCUT2D eigenvalue weighted by Crippen LogP contribution is 2.27. The first-order chi connectivity index (χ1) is 13.0. The van der Waals surface area contributed by atoms with E-state index >= 15 is 0 Å². The quantitative estimate of drug-likeness (QED) is 0.565. The highest BCUT2D eigenvalue weighted by atomic mass is 19.1. The van der Waals surface area contributed by atoms with Gasteiger partial charge in [0.2, 0.25) is 0 Å². The molecule has 1 aromatic rings. The van der Waals surface area contributed by atoms with Crippen molar-refractivity contribution in [2.75, 3.05) is 25.3 Å². The smallest absolute Gasteiger partial charge is 0.311 e. The van der Waals surface area contributed by atoms with Crippen molar-refractivity contribution in [3.8, 4) is 0 Å². The number of ether oxygens (including phenoxy) is 2. The van der Waals surface area contributed by atoms with Gasteiger partial charge in [0.05, 0.1) is 37.6 Å². The molecule has 1 unspecified atom stereocenters. The van der Waals surface area contributed by atoms with E-state index in [9.17, 15) is 14.0 Å². The zero-order valence-corrected chi connectivity index (χ0v) is 15.4. The number of carbonyl (C=O) groups is 2. The van der Waals surface area contributed by atoms with Crippen molar-refractivity contribution in [2.24, 2.45) is 16.0 Å². The monoisotopic (exact) mass is 375 g/mol. The molecule has 1 amide bonds. The molecule has 0 aromatic heterocycles. The van der Waals surface area contributed by atoms with Crippen LogP contribution in [0.15, 0.2) is 34.4 Å². The number of nitrogens with zero attached hydrogens (tertiary/aromatic N) is 3. The number of methoxy groups -OCH3 is 1. The maximum Gasteiger partial charge on any atom is 0.311 e. The number of aliphatic imine (C=N–C) groups is 1. The summed E-state index contributed by atoms with van der Waals surface area (Å²) in [5.74, 6) is -1.96. The topological polar surface area (TPSA) is 80.6 Å². The number of esters is 1. The average molecular weight is 375 g/mol. The zero-order valence-electron chi connectivity index (χ0n) is 15.4. The van der Waals surface area contributed by atoms with Gasteiger partial charge in [0, 0.05) is 12.3 Å². The van der Waals surface area contributed by atoms with E-state index in [2.05, 4.69) is 10.1 Å². The van der Waals surface area contributed by atoms with Gasteiger partial charge in [-0.3, -0.25) is 14.6 Å². The van der Waals surface area contributed by atoms with Gasteiger partial charge in [0.15, 0.2) is 0 Å². The van der Waals surface area contributed by atoms with Crippen LogP contribution >= 0.6 is 0 Å². The SMILES string of the molecule is COC(=O)CC1=NN(c2ccc(F)cc2)C(=O)C1C(C)=NC[C@H]1CCCO1. The first kappa shape index (κ1) is 19.2. The number of amides is 1. The van der Waals surface area contributed by atoms with Crippen LogP contribution in [-0.2, 0) is 19.1 Å². The third-order valence-electron chi connectivity index (χ3n) is 4.63. The van der Waals surface area contributed by atoms with Crippen molar-refractivity contribution in [2.45, 2.75) is 32.3 Å². The lowest BCUT2D eigenvalue weighted by Crippen LogP contribution is -2.33. The highest BCUT2D eigenvalue weighted by Gasteiger charge is 2.39. The molecule has 0 N–H and O–H groups in total. The first-order valence-corrected chi connectivity index (χ1v) is 8.86. The first-order valence-electron chi connectivity index (χ1n) is 8.86. The molecule has 2 heterocycles. The van der Waals surface area contributed by atoms with Gasteiger partial charge < -0.3 is 9.47 Å². The number of rotatable bonds is 6. The molecule has 3 rings (SSSR count). The molecule has 2 atom stereocenters. The lowest BCUT2D eigenvalue weighted by Gasteiger charge is -2.15. The number of hydrazone groups is 1. The number of hydrogen-bond donors (Lipinski definition) is 0. The Morgan fingerprint density at radius 1 is 1.41 bits per heavy atom. The summed E-state index contributed by atoms with van der Waals surface area (Å²) in [5, 5.41) is 5.49. The fraction of sp³-hybridized carbons (Fsp3) is 0.474. The normalized spacial score (nSPS) is 22.9. The summed E-state index contributed by atoms with van der Waals surface area (Å²) in [6.07, 6.45) is 1.90. The summed E-state index contributed by atoms with van der Waals surface area (Å²) in [6.45, 7) is 2.95. The molecular weight excluding hydrogens is 353 g/mol. The molecule has 2 aliphatic heterocycles. The molecule has 1 saturated heterocycles. The van der Waals surface area contributed by atoms with Crippen LogP contribution in [0.4, 0.5) is 10.1 Å². The van der Waals surface area contributed by atoms with Crippen molar-refractivity contribution in [1.82, 2.24) is 0 Å². The maximum absolute atomic E-state index is 13.2. The van der Waals surface area contributed by atoms with Crippen LogP contribution in [0.25, 0.3) is 0 Å². The van der Waals surface area contributed by atoms with Crippen molar-refractivity contribution < 1.29 is 23.5 Å². The van der Waals surface area contributed by atoms with Crippen LogP contribution in [0, 0.1) is 11.7 Å². The Morgan fingerprint density at radius 2 is 2.15 bits per heavy atom. The molecule has 0 aliphatic carbocycles. The molecule has 7 nitrogen and oxygen atoms in total. The summed E-state index contributed by atoms with van der Waals surface area (Å²) in [7, 11) is 1.28. The average Bonchev–Trinajstić information content (AvgIpc) is 3.28. The van der Waals surface area contributed by atoms with Gasteiger partial charge in [-0.25, -0.2) is 4.39 Å².